The average molecular weight is 352 g/mol. The van der Waals surface area contributed by atoms with Crippen molar-refractivity contribution in [3.63, 3.8) is 0 Å². The third-order valence-corrected chi connectivity index (χ3v) is 5.12. The Hall–Kier alpha value is -1.79. The van der Waals surface area contributed by atoms with Gasteiger partial charge in [-0.1, -0.05) is 13.3 Å². The Bertz CT molecular complexity index is 491. The normalized spacial score (nSPS) is 24.0. The monoisotopic (exact) mass is 352 g/mol. The number of hydrogen-bond donors (Lipinski definition) is 2. The molecule has 2 N–H and O–H groups in total. The van der Waals surface area contributed by atoms with Crippen LogP contribution in [-0.2, 0) is 14.3 Å². The van der Waals surface area contributed by atoms with Crippen molar-refractivity contribution >= 4 is 17.8 Å². The molecule has 2 atom stereocenters. The minimum absolute atomic E-state index is 0.101. The highest BCUT2D eigenvalue weighted by molar-refractivity contribution is 5.82. The third-order valence-electron chi connectivity index (χ3n) is 5.12. The molecule has 2 rings (SSSR count). The molecule has 1 heterocycles. The van der Waals surface area contributed by atoms with Gasteiger partial charge in [-0.25, -0.2) is 0 Å². The van der Waals surface area contributed by atoms with Crippen molar-refractivity contribution in [1.29, 1.82) is 0 Å². The van der Waals surface area contributed by atoms with Crippen LogP contribution in [-0.4, -0.2) is 62.6 Å². The number of nitrogens with one attached hydrogen (secondary N) is 2. The van der Waals surface area contributed by atoms with E-state index in [0.29, 0.717) is 19.6 Å². The molecule has 1 saturated heterocycles. The van der Waals surface area contributed by atoms with E-state index < -0.39 is 0 Å². The minimum Gasteiger partial charge on any atom is -0.469 e. The molecule has 0 aromatic heterocycles. The van der Waals surface area contributed by atoms with E-state index >= 15 is 0 Å². The molecule has 1 saturated carbocycles. The molecule has 25 heavy (non-hydrogen) atoms. The standard InChI is InChI=1S/C18H32N4O3/c1-4-19-18(22-11-13(2)15(12-22)17(24)25-3)21-10-6-9-20-16(23)14-7-5-8-14/h13-15H,4-12H2,1-3H3,(H,19,21)(H,20,23). The number of amides is 1. The number of guanidine groups is 1. The molecule has 142 valence electrons. The predicted octanol–water partition coefficient (Wildman–Crippen LogP) is 0.999. The van der Waals surface area contributed by atoms with E-state index in [-0.39, 0.29) is 29.6 Å². The van der Waals surface area contributed by atoms with Crippen LogP contribution in [0.2, 0.25) is 0 Å². The van der Waals surface area contributed by atoms with Gasteiger partial charge in [0.05, 0.1) is 13.0 Å². The molecule has 0 spiro atoms. The van der Waals surface area contributed by atoms with Gasteiger partial charge in [0.1, 0.15) is 0 Å². The fourth-order valence-electron chi connectivity index (χ4n) is 3.31. The van der Waals surface area contributed by atoms with Crippen LogP contribution in [0.5, 0.6) is 0 Å². The van der Waals surface area contributed by atoms with E-state index in [4.69, 9.17) is 4.74 Å². The van der Waals surface area contributed by atoms with Crippen LogP contribution in [0.15, 0.2) is 4.99 Å². The van der Waals surface area contributed by atoms with Crippen LogP contribution in [0, 0.1) is 17.8 Å². The first-order valence-corrected chi connectivity index (χ1v) is 9.45. The minimum atomic E-state index is -0.149. The molecule has 0 aromatic rings. The highest BCUT2D eigenvalue weighted by Gasteiger charge is 2.36. The SMILES string of the molecule is CCNC(=NCCCNC(=O)C1CCC1)N1CC(C)C(C(=O)OC)C1. The Labute approximate surface area is 150 Å². The lowest BCUT2D eigenvalue weighted by molar-refractivity contribution is -0.146. The quantitative estimate of drug-likeness (QED) is 0.309. The van der Waals surface area contributed by atoms with Gasteiger partial charge < -0.3 is 20.3 Å². The molecular formula is C18H32N4O3. The first-order chi connectivity index (χ1) is 12.1. The lowest BCUT2D eigenvalue weighted by Gasteiger charge is -2.24. The summed E-state index contributed by atoms with van der Waals surface area (Å²) in [5.41, 5.74) is 0. The number of methoxy groups -OCH3 is 1. The van der Waals surface area contributed by atoms with Crippen LogP contribution < -0.4 is 10.6 Å². The molecule has 0 radical (unpaired) electrons. The summed E-state index contributed by atoms with van der Waals surface area (Å²) in [6.45, 7) is 7.64. The molecule has 1 aliphatic heterocycles. The van der Waals surface area contributed by atoms with Crippen LogP contribution in [0.25, 0.3) is 0 Å². The van der Waals surface area contributed by atoms with E-state index in [2.05, 4.69) is 27.4 Å². The third kappa shape index (κ3) is 5.34. The Morgan fingerprint density at radius 2 is 2.00 bits per heavy atom. The van der Waals surface area contributed by atoms with Gasteiger partial charge in [0.15, 0.2) is 5.96 Å². The number of esters is 1. The number of carbonyl (C=O) groups is 2. The number of ether oxygens (including phenoxy) is 1. The average Bonchev–Trinajstić information content (AvgIpc) is 2.93. The lowest BCUT2D eigenvalue weighted by Crippen LogP contribution is -2.41. The number of hydrogen-bond acceptors (Lipinski definition) is 4. The van der Waals surface area contributed by atoms with E-state index in [9.17, 15) is 9.59 Å². The first-order valence-electron chi connectivity index (χ1n) is 9.45. The van der Waals surface area contributed by atoms with Gasteiger partial charge in [0, 0.05) is 38.6 Å². The first kappa shape index (κ1) is 19.5. The summed E-state index contributed by atoms with van der Waals surface area (Å²) < 4.78 is 4.90. The van der Waals surface area contributed by atoms with E-state index in [1.54, 1.807) is 0 Å². The van der Waals surface area contributed by atoms with Gasteiger partial charge in [-0.2, -0.15) is 0 Å². The molecule has 7 heteroatoms. The van der Waals surface area contributed by atoms with Crippen LogP contribution in [0.3, 0.4) is 0 Å². The summed E-state index contributed by atoms with van der Waals surface area (Å²) in [5, 5.41) is 6.29. The van der Waals surface area contributed by atoms with Gasteiger partial charge in [-0.15, -0.1) is 0 Å². The number of likely N-dealkylation sites (tertiary alicyclic amines) is 1. The maximum Gasteiger partial charge on any atom is 0.310 e. The second kappa shape index (κ2) is 9.63. The number of aliphatic imine (C=N–C) groups is 1. The second-order valence-electron chi connectivity index (χ2n) is 7.02. The van der Waals surface area contributed by atoms with Crippen molar-refractivity contribution in [3.05, 3.63) is 0 Å². The van der Waals surface area contributed by atoms with Gasteiger partial charge in [-0.05, 0) is 32.1 Å². The Morgan fingerprint density at radius 1 is 1.24 bits per heavy atom. The van der Waals surface area contributed by atoms with E-state index in [1.165, 1.54) is 13.5 Å². The van der Waals surface area contributed by atoms with Gasteiger partial charge in [-0.3, -0.25) is 14.6 Å². The summed E-state index contributed by atoms with van der Waals surface area (Å²) in [6, 6.07) is 0. The van der Waals surface area contributed by atoms with Gasteiger partial charge >= 0.3 is 5.97 Å². The zero-order chi connectivity index (χ0) is 18.2. The molecule has 0 aromatic carbocycles. The fraction of sp³-hybridized carbons (Fsp3) is 0.833. The molecule has 1 aliphatic carbocycles. The van der Waals surface area contributed by atoms with Crippen molar-refractivity contribution in [1.82, 2.24) is 15.5 Å². The molecule has 1 amide bonds. The van der Waals surface area contributed by atoms with Gasteiger partial charge in [0.2, 0.25) is 5.91 Å². The largest absolute Gasteiger partial charge is 0.469 e. The maximum atomic E-state index is 11.8. The Balaban J connectivity index is 1.77. The summed E-state index contributed by atoms with van der Waals surface area (Å²) >= 11 is 0. The molecular weight excluding hydrogens is 320 g/mol. The summed E-state index contributed by atoms with van der Waals surface area (Å²) in [5.74, 6) is 1.27. The predicted molar refractivity (Wildman–Crippen MR) is 97.2 cm³/mol. The molecule has 2 unspecified atom stereocenters. The molecule has 2 fully saturated rings. The smallest absolute Gasteiger partial charge is 0.310 e. The topological polar surface area (TPSA) is 83.0 Å². The number of rotatable bonds is 7. The van der Waals surface area contributed by atoms with Crippen LogP contribution in [0.4, 0.5) is 0 Å². The summed E-state index contributed by atoms with van der Waals surface area (Å²) in [4.78, 5) is 30.4. The van der Waals surface area contributed by atoms with Crippen molar-refractivity contribution in [2.45, 2.75) is 39.5 Å². The van der Waals surface area contributed by atoms with Crippen molar-refractivity contribution < 1.29 is 14.3 Å². The zero-order valence-electron chi connectivity index (χ0n) is 15.7. The fourth-order valence-corrected chi connectivity index (χ4v) is 3.31. The van der Waals surface area contributed by atoms with Gasteiger partial charge in [0.25, 0.3) is 0 Å². The van der Waals surface area contributed by atoms with Crippen molar-refractivity contribution in [3.8, 4) is 0 Å². The molecule has 0 bridgehead atoms. The molecule has 2 aliphatic rings. The zero-order valence-corrected chi connectivity index (χ0v) is 15.7. The molecule has 7 nitrogen and oxygen atoms in total. The Kier molecular flexibility index (Phi) is 7.52. The lowest BCUT2D eigenvalue weighted by atomic mass is 9.85. The Morgan fingerprint density at radius 3 is 2.60 bits per heavy atom. The van der Waals surface area contributed by atoms with Crippen LogP contribution >= 0.6 is 0 Å². The second-order valence-corrected chi connectivity index (χ2v) is 7.02. The van der Waals surface area contributed by atoms with Crippen LogP contribution in [0.1, 0.15) is 39.5 Å². The van der Waals surface area contributed by atoms with Crippen molar-refractivity contribution in [2.24, 2.45) is 22.7 Å². The summed E-state index contributed by atoms with van der Waals surface area (Å²) in [7, 11) is 1.44. The van der Waals surface area contributed by atoms with E-state index in [1.807, 2.05) is 6.92 Å². The number of carbonyl (C=O) groups excluding carboxylic acids is 2. The summed E-state index contributed by atoms with van der Waals surface area (Å²) in [6.07, 6.45) is 4.05. The highest BCUT2D eigenvalue weighted by atomic mass is 16.5. The highest BCUT2D eigenvalue weighted by Crippen LogP contribution is 2.26. The maximum absolute atomic E-state index is 11.8. The van der Waals surface area contributed by atoms with Crippen molar-refractivity contribution in [2.75, 3.05) is 39.8 Å². The van der Waals surface area contributed by atoms with E-state index in [0.717, 1.165) is 38.3 Å². The number of nitrogens with zero attached hydrogens (tertiary/aromatic N) is 2.